The van der Waals surface area contributed by atoms with Gasteiger partial charge in [-0.2, -0.15) is 5.26 Å². The van der Waals surface area contributed by atoms with Gasteiger partial charge in [0.15, 0.2) is 0 Å². The fourth-order valence-corrected chi connectivity index (χ4v) is 1.73. The summed E-state index contributed by atoms with van der Waals surface area (Å²) in [5, 5.41) is 11.8. The van der Waals surface area contributed by atoms with E-state index in [1.165, 1.54) is 12.1 Å². The number of halogens is 1. The molecule has 0 fully saturated rings. The topological polar surface area (TPSA) is 62.1 Å². The summed E-state index contributed by atoms with van der Waals surface area (Å²) >= 11 is 0. The Kier molecular flexibility index (Phi) is 5.80. The zero-order chi connectivity index (χ0) is 14.3. The van der Waals surface area contributed by atoms with Gasteiger partial charge in [0, 0.05) is 0 Å². The van der Waals surface area contributed by atoms with Crippen molar-refractivity contribution in [1.29, 1.82) is 5.26 Å². The summed E-state index contributed by atoms with van der Waals surface area (Å²) in [5.41, 5.74) is 0.224. The lowest BCUT2D eigenvalue weighted by Gasteiger charge is -2.18. The lowest BCUT2D eigenvalue weighted by Crippen LogP contribution is -2.31. The number of nitriles is 1. The van der Waals surface area contributed by atoms with E-state index in [0.717, 1.165) is 6.42 Å². The number of carbonyl (C=O) groups excluding carboxylic acids is 1. The van der Waals surface area contributed by atoms with E-state index in [9.17, 15) is 9.18 Å². The fourth-order valence-electron chi connectivity index (χ4n) is 1.73. The standard InChI is InChI=1S/C14H17FN2O2/c1-3-6-13(14(18)19-4-2)17-12-8-5-7-11(15)10(12)9-16/h5,7-8,13,17H,3-4,6H2,1-2H3. The number of nitrogens with zero attached hydrogens (tertiary/aromatic N) is 1. The molecule has 0 aliphatic carbocycles. The molecule has 0 saturated heterocycles. The van der Waals surface area contributed by atoms with Crippen molar-refractivity contribution in [3.63, 3.8) is 0 Å². The van der Waals surface area contributed by atoms with Gasteiger partial charge in [-0.3, -0.25) is 0 Å². The highest BCUT2D eigenvalue weighted by Crippen LogP contribution is 2.20. The third-order valence-electron chi connectivity index (χ3n) is 2.60. The highest BCUT2D eigenvalue weighted by molar-refractivity contribution is 5.80. The van der Waals surface area contributed by atoms with Gasteiger partial charge >= 0.3 is 5.97 Å². The highest BCUT2D eigenvalue weighted by atomic mass is 19.1. The van der Waals surface area contributed by atoms with Crippen LogP contribution in [0.1, 0.15) is 32.3 Å². The fraction of sp³-hybridized carbons (Fsp3) is 0.429. The molecule has 0 spiro atoms. The zero-order valence-electron chi connectivity index (χ0n) is 11.1. The first kappa shape index (κ1) is 15.0. The van der Waals surface area contributed by atoms with Gasteiger partial charge in [-0.25, -0.2) is 9.18 Å². The molecule has 0 aliphatic heterocycles. The molecule has 5 heteroatoms. The molecule has 1 rings (SSSR count). The maximum atomic E-state index is 13.5. The Morgan fingerprint density at radius 1 is 1.53 bits per heavy atom. The zero-order valence-corrected chi connectivity index (χ0v) is 11.1. The Bertz CT molecular complexity index is 483. The average molecular weight is 264 g/mol. The number of hydrogen-bond acceptors (Lipinski definition) is 4. The first-order valence-electron chi connectivity index (χ1n) is 6.25. The van der Waals surface area contributed by atoms with Crippen molar-refractivity contribution in [2.75, 3.05) is 11.9 Å². The van der Waals surface area contributed by atoms with Crippen molar-refractivity contribution < 1.29 is 13.9 Å². The third kappa shape index (κ3) is 3.95. The van der Waals surface area contributed by atoms with Crippen LogP contribution in [-0.4, -0.2) is 18.6 Å². The molecule has 102 valence electrons. The van der Waals surface area contributed by atoms with E-state index in [1.807, 2.05) is 6.92 Å². The monoisotopic (exact) mass is 264 g/mol. The second kappa shape index (κ2) is 7.37. The normalized spacial score (nSPS) is 11.5. The Balaban J connectivity index is 2.94. The number of esters is 1. The number of hydrogen-bond donors (Lipinski definition) is 1. The molecule has 0 heterocycles. The molecule has 1 unspecified atom stereocenters. The predicted molar refractivity (Wildman–Crippen MR) is 70.1 cm³/mol. The third-order valence-corrected chi connectivity index (χ3v) is 2.60. The van der Waals surface area contributed by atoms with Crippen LogP contribution in [0.3, 0.4) is 0 Å². The second-order valence-corrected chi connectivity index (χ2v) is 4.01. The molecule has 0 bridgehead atoms. The number of carbonyl (C=O) groups is 1. The SMILES string of the molecule is CCCC(Nc1cccc(F)c1C#N)C(=O)OCC. The van der Waals surface area contributed by atoms with Gasteiger partial charge in [-0.15, -0.1) is 0 Å². The molecule has 4 nitrogen and oxygen atoms in total. The lowest BCUT2D eigenvalue weighted by atomic mass is 10.1. The van der Waals surface area contributed by atoms with Crippen molar-refractivity contribution in [3.8, 4) is 6.07 Å². The number of ether oxygens (including phenoxy) is 1. The van der Waals surface area contributed by atoms with Crippen LogP contribution < -0.4 is 5.32 Å². The summed E-state index contributed by atoms with van der Waals surface area (Å²) in [4.78, 5) is 11.8. The van der Waals surface area contributed by atoms with Crippen LogP contribution in [0.25, 0.3) is 0 Å². The highest BCUT2D eigenvalue weighted by Gasteiger charge is 2.20. The molecule has 0 amide bonds. The van der Waals surface area contributed by atoms with Crippen LogP contribution in [0.15, 0.2) is 18.2 Å². The molecule has 1 N–H and O–H groups in total. The molecule has 1 atom stereocenters. The first-order valence-corrected chi connectivity index (χ1v) is 6.25. The molecular weight excluding hydrogens is 247 g/mol. The summed E-state index contributed by atoms with van der Waals surface area (Å²) in [7, 11) is 0. The minimum atomic E-state index is -0.605. The van der Waals surface area contributed by atoms with E-state index >= 15 is 0 Å². The maximum absolute atomic E-state index is 13.5. The number of nitrogens with one attached hydrogen (secondary N) is 1. The molecule has 1 aromatic rings. The quantitative estimate of drug-likeness (QED) is 0.802. The van der Waals surface area contributed by atoms with Crippen molar-refractivity contribution in [2.24, 2.45) is 0 Å². The summed E-state index contributed by atoms with van der Waals surface area (Å²) in [6, 6.07) is 5.50. The smallest absolute Gasteiger partial charge is 0.328 e. The van der Waals surface area contributed by atoms with E-state index in [2.05, 4.69) is 5.32 Å². The molecule has 0 aromatic heterocycles. The van der Waals surface area contributed by atoms with Crippen LogP contribution in [0.4, 0.5) is 10.1 Å². The van der Waals surface area contributed by atoms with Crippen LogP contribution in [-0.2, 0) is 9.53 Å². The molecule has 1 aromatic carbocycles. The van der Waals surface area contributed by atoms with Crippen LogP contribution in [0, 0.1) is 17.1 Å². The minimum absolute atomic E-state index is 0.0899. The minimum Gasteiger partial charge on any atom is -0.464 e. The van der Waals surface area contributed by atoms with Crippen LogP contribution in [0.2, 0.25) is 0 Å². The van der Waals surface area contributed by atoms with Gasteiger partial charge in [0.05, 0.1) is 12.3 Å². The van der Waals surface area contributed by atoms with Gasteiger partial charge in [-0.1, -0.05) is 19.4 Å². The average Bonchev–Trinajstić information content (AvgIpc) is 2.38. The van der Waals surface area contributed by atoms with E-state index in [4.69, 9.17) is 10.00 Å². The van der Waals surface area contributed by atoms with Gasteiger partial charge in [0.2, 0.25) is 0 Å². The van der Waals surface area contributed by atoms with E-state index in [-0.39, 0.29) is 12.2 Å². The second-order valence-electron chi connectivity index (χ2n) is 4.01. The van der Waals surface area contributed by atoms with Gasteiger partial charge < -0.3 is 10.1 Å². The predicted octanol–water partition coefficient (Wildman–Crippen LogP) is 2.84. The van der Waals surface area contributed by atoms with Gasteiger partial charge in [-0.05, 0) is 25.5 Å². The van der Waals surface area contributed by atoms with E-state index in [1.54, 1.807) is 19.1 Å². The number of anilines is 1. The van der Waals surface area contributed by atoms with Crippen molar-refractivity contribution in [1.82, 2.24) is 0 Å². The van der Waals surface area contributed by atoms with Crippen LogP contribution >= 0.6 is 0 Å². The van der Waals surface area contributed by atoms with Crippen LogP contribution in [0.5, 0.6) is 0 Å². The summed E-state index contributed by atoms with van der Waals surface area (Å²) in [6.07, 6.45) is 1.33. The first-order chi connectivity index (χ1) is 9.13. The van der Waals surface area contributed by atoms with Crippen molar-refractivity contribution >= 4 is 11.7 Å². The van der Waals surface area contributed by atoms with Gasteiger partial charge in [0.1, 0.15) is 23.5 Å². The Labute approximate surface area is 112 Å². The van der Waals surface area contributed by atoms with Gasteiger partial charge in [0.25, 0.3) is 0 Å². The Hall–Kier alpha value is -2.09. The van der Waals surface area contributed by atoms with E-state index < -0.39 is 17.8 Å². The largest absolute Gasteiger partial charge is 0.464 e. The lowest BCUT2D eigenvalue weighted by molar-refractivity contribution is -0.144. The summed E-state index contributed by atoms with van der Waals surface area (Å²) < 4.78 is 18.4. The molecule has 0 aliphatic rings. The Morgan fingerprint density at radius 3 is 2.84 bits per heavy atom. The number of rotatable bonds is 6. The molecule has 0 saturated carbocycles. The number of benzene rings is 1. The van der Waals surface area contributed by atoms with Crippen molar-refractivity contribution in [3.05, 3.63) is 29.6 Å². The molecular formula is C14H17FN2O2. The summed E-state index contributed by atoms with van der Waals surface area (Å²) in [6.45, 7) is 3.95. The molecule has 0 radical (unpaired) electrons. The molecule has 19 heavy (non-hydrogen) atoms. The summed E-state index contributed by atoms with van der Waals surface area (Å²) in [5.74, 6) is -0.996. The maximum Gasteiger partial charge on any atom is 0.328 e. The van der Waals surface area contributed by atoms with Crippen molar-refractivity contribution in [2.45, 2.75) is 32.7 Å². The Morgan fingerprint density at radius 2 is 2.26 bits per heavy atom. The van der Waals surface area contributed by atoms with E-state index in [0.29, 0.717) is 12.1 Å².